The van der Waals surface area contributed by atoms with Crippen LogP contribution in [0.15, 0.2) is 60.7 Å². The van der Waals surface area contributed by atoms with Crippen LogP contribution < -0.4 is 4.74 Å². The van der Waals surface area contributed by atoms with E-state index in [1.54, 1.807) is 35.2 Å². The molecular formula is C40H53Cl2FN4O5S. The number of ether oxygens (including phenoxy) is 1. The van der Waals surface area contributed by atoms with Gasteiger partial charge in [0.05, 0.1) is 18.5 Å². The van der Waals surface area contributed by atoms with Crippen molar-refractivity contribution in [3.63, 3.8) is 0 Å². The molecule has 2 aliphatic rings. The predicted octanol–water partition coefficient (Wildman–Crippen LogP) is 6.92. The van der Waals surface area contributed by atoms with Crippen molar-refractivity contribution in [1.29, 1.82) is 0 Å². The number of likely N-dealkylation sites (N-methyl/N-ethyl adjacent to an activating group) is 1. The molecule has 2 heterocycles. The zero-order valence-electron chi connectivity index (χ0n) is 31.6. The summed E-state index contributed by atoms with van der Waals surface area (Å²) in [5, 5.41) is 12.3. The molecule has 2 saturated heterocycles. The number of nitrogens with zero attached hydrogens (tertiary/aromatic N) is 4. The monoisotopic (exact) mass is 790 g/mol. The molecule has 0 aromatic heterocycles. The number of sulfonamides is 1. The number of rotatable bonds is 13. The molecule has 2 fully saturated rings. The number of hydrogen-bond donors (Lipinski definition) is 1. The summed E-state index contributed by atoms with van der Waals surface area (Å²) in [6.07, 6.45) is 1.72. The lowest BCUT2D eigenvalue weighted by atomic mass is 9.84. The molecule has 290 valence electrons. The Hall–Kier alpha value is -2.77. The topological polar surface area (TPSA) is 93.6 Å². The van der Waals surface area contributed by atoms with Crippen LogP contribution in [0.4, 0.5) is 4.39 Å². The van der Waals surface area contributed by atoms with Gasteiger partial charge in [-0.1, -0.05) is 80.4 Å². The van der Waals surface area contributed by atoms with Gasteiger partial charge in [-0.3, -0.25) is 9.69 Å². The van der Waals surface area contributed by atoms with E-state index < -0.39 is 27.5 Å². The van der Waals surface area contributed by atoms with Crippen molar-refractivity contribution in [3.05, 3.63) is 98.8 Å². The van der Waals surface area contributed by atoms with Crippen molar-refractivity contribution in [3.8, 4) is 5.75 Å². The third kappa shape index (κ3) is 10.3. The highest BCUT2D eigenvalue weighted by atomic mass is 35.5. The maximum absolute atomic E-state index is 15.7. The van der Waals surface area contributed by atoms with Gasteiger partial charge in [0.2, 0.25) is 15.9 Å². The first kappa shape index (κ1) is 41.4. The highest BCUT2D eigenvalue weighted by molar-refractivity contribution is 7.89. The highest BCUT2D eigenvalue weighted by Crippen LogP contribution is 2.36. The van der Waals surface area contributed by atoms with Gasteiger partial charge in [-0.25, -0.2) is 12.8 Å². The number of carbonyl (C=O) groups is 1. The number of piperidine rings is 1. The van der Waals surface area contributed by atoms with Crippen molar-refractivity contribution >= 4 is 39.1 Å². The van der Waals surface area contributed by atoms with Gasteiger partial charge >= 0.3 is 0 Å². The normalized spacial score (nSPS) is 19.5. The van der Waals surface area contributed by atoms with Gasteiger partial charge < -0.3 is 19.6 Å². The van der Waals surface area contributed by atoms with Crippen LogP contribution in [-0.2, 0) is 40.1 Å². The first-order chi connectivity index (χ1) is 24.9. The average molecular weight is 792 g/mol. The second kappa shape index (κ2) is 16.9. The third-order valence-electron chi connectivity index (χ3n) is 10.3. The zero-order valence-corrected chi connectivity index (χ0v) is 33.9. The molecule has 0 spiro atoms. The number of carbonyl (C=O) groups excluding carboxylic acids is 1. The minimum Gasteiger partial charge on any atom is -0.494 e. The van der Waals surface area contributed by atoms with E-state index in [4.69, 9.17) is 27.9 Å². The summed E-state index contributed by atoms with van der Waals surface area (Å²) < 4.78 is 49.1. The first-order valence-corrected chi connectivity index (χ1v) is 20.5. The maximum Gasteiger partial charge on any atom is 0.241 e. The minimum absolute atomic E-state index is 0.0218. The van der Waals surface area contributed by atoms with Crippen LogP contribution in [0.2, 0.25) is 10.0 Å². The van der Waals surface area contributed by atoms with Gasteiger partial charge in [-0.05, 0) is 86.1 Å². The summed E-state index contributed by atoms with van der Waals surface area (Å²) in [6, 6.07) is 17.2. The molecule has 3 aromatic rings. The van der Waals surface area contributed by atoms with Crippen LogP contribution in [-0.4, -0.2) is 97.1 Å². The van der Waals surface area contributed by atoms with Crippen LogP contribution in [0.25, 0.3) is 0 Å². The van der Waals surface area contributed by atoms with Gasteiger partial charge in [-0.15, -0.1) is 0 Å². The quantitative estimate of drug-likeness (QED) is 0.201. The molecular weight excluding hydrogens is 738 g/mol. The summed E-state index contributed by atoms with van der Waals surface area (Å²) in [5.41, 5.74) is 1.68. The van der Waals surface area contributed by atoms with E-state index >= 15 is 4.39 Å². The molecule has 0 bridgehead atoms. The summed E-state index contributed by atoms with van der Waals surface area (Å²) in [6.45, 7) is 8.65. The fraction of sp³-hybridized carbons (Fsp3) is 0.525. The van der Waals surface area contributed by atoms with Crippen molar-refractivity contribution in [2.24, 2.45) is 5.41 Å². The van der Waals surface area contributed by atoms with E-state index in [1.165, 1.54) is 17.5 Å². The number of likely N-dealkylation sites (tertiary alicyclic amines) is 1. The minimum atomic E-state index is -3.69. The predicted molar refractivity (Wildman–Crippen MR) is 209 cm³/mol. The zero-order chi connectivity index (χ0) is 38.7. The smallest absolute Gasteiger partial charge is 0.241 e. The lowest BCUT2D eigenvalue weighted by molar-refractivity contribution is -0.139. The Morgan fingerprint density at radius 2 is 1.70 bits per heavy atom. The molecule has 2 atom stereocenters. The number of hydrogen-bond acceptors (Lipinski definition) is 7. The number of amides is 1. The molecule has 1 unspecified atom stereocenters. The van der Waals surface area contributed by atoms with Crippen molar-refractivity contribution in [2.75, 3.05) is 46.6 Å². The number of halogens is 3. The standard InChI is InChI=1S/C40H53Cl2FN4O5S/c1-39(2,3)23-32(26-44(4)5)46(27-33-34(42)14-15-36(52-6)37(33)43)24-28-8-7-9-29(22-28)25-47-35(16-21-53(47,50)51)38(48)45-19-17-40(49,18-20-45)30-10-12-31(41)13-11-30/h7-15,22,32,35,49H,16-21,23-27H2,1-6H3/t32-,35?/m0/s1. The molecule has 53 heavy (non-hydrogen) atoms. The van der Waals surface area contributed by atoms with Crippen LogP contribution in [0, 0.1) is 11.2 Å². The summed E-state index contributed by atoms with van der Waals surface area (Å²) in [7, 11) is 1.78. The van der Waals surface area contributed by atoms with Crippen molar-refractivity contribution in [1.82, 2.24) is 19.0 Å². The fourth-order valence-electron chi connectivity index (χ4n) is 7.60. The first-order valence-electron chi connectivity index (χ1n) is 18.1. The maximum atomic E-state index is 15.7. The second-order valence-electron chi connectivity index (χ2n) is 16.0. The lowest BCUT2D eigenvalue weighted by Gasteiger charge is -2.40. The Morgan fingerprint density at radius 3 is 2.32 bits per heavy atom. The molecule has 0 saturated carbocycles. The van der Waals surface area contributed by atoms with Crippen LogP contribution in [0.3, 0.4) is 0 Å². The second-order valence-corrected chi connectivity index (χ2v) is 18.9. The van der Waals surface area contributed by atoms with E-state index in [-0.39, 0.29) is 48.4 Å². The number of methoxy groups -OCH3 is 1. The fourth-order valence-corrected chi connectivity index (χ4v) is 9.62. The van der Waals surface area contributed by atoms with Gasteiger partial charge in [0, 0.05) is 60.9 Å². The van der Waals surface area contributed by atoms with Gasteiger partial charge in [0.15, 0.2) is 11.6 Å². The van der Waals surface area contributed by atoms with Crippen LogP contribution in [0.1, 0.15) is 68.7 Å². The average Bonchev–Trinajstić information content (AvgIpc) is 3.38. The van der Waals surface area contributed by atoms with Crippen molar-refractivity contribution in [2.45, 2.75) is 83.8 Å². The number of aliphatic hydroxyl groups is 1. The Bertz CT molecular complexity index is 1850. The molecule has 2 aliphatic heterocycles. The van der Waals surface area contributed by atoms with Crippen LogP contribution >= 0.6 is 23.2 Å². The highest BCUT2D eigenvalue weighted by Gasteiger charge is 2.45. The van der Waals surface area contributed by atoms with Gasteiger partial charge in [0.1, 0.15) is 6.04 Å². The van der Waals surface area contributed by atoms with Crippen LogP contribution in [0.5, 0.6) is 5.75 Å². The molecule has 5 rings (SSSR count). The molecule has 1 amide bonds. The van der Waals surface area contributed by atoms with Crippen molar-refractivity contribution < 1.29 is 27.4 Å². The van der Waals surface area contributed by atoms with E-state index in [2.05, 4.69) is 30.6 Å². The molecule has 0 radical (unpaired) electrons. The van der Waals surface area contributed by atoms with Gasteiger partial charge in [-0.2, -0.15) is 4.31 Å². The number of benzene rings is 3. The lowest BCUT2D eigenvalue weighted by Crippen LogP contribution is -2.51. The van der Waals surface area contributed by atoms with E-state index in [9.17, 15) is 18.3 Å². The summed E-state index contributed by atoms with van der Waals surface area (Å²) in [5.74, 6) is -0.705. The molecule has 13 heteroatoms. The van der Waals surface area contributed by atoms with E-state index in [0.717, 1.165) is 29.7 Å². The van der Waals surface area contributed by atoms with E-state index in [0.29, 0.717) is 48.1 Å². The Labute approximate surface area is 324 Å². The molecule has 1 N–H and O–H groups in total. The largest absolute Gasteiger partial charge is 0.494 e. The third-order valence-corrected chi connectivity index (χ3v) is 12.8. The SMILES string of the molecule is COc1ccc(Cl)c(CN(Cc2cccc(CN3C(C(=O)N4CCC(O)(c5ccc(Cl)cc5)CC4)CCS3(=O)=O)c2)[C@H](CN(C)C)CC(C)(C)C)c1F. The molecule has 0 aliphatic carbocycles. The van der Waals surface area contributed by atoms with Gasteiger partial charge in [0.25, 0.3) is 0 Å². The summed E-state index contributed by atoms with van der Waals surface area (Å²) in [4.78, 5) is 19.9. The summed E-state index contributed by atoms with van der Waals surface area (Å²) >= 11 is 12.6. The Balaban J connectivity index is 1.36. The molecule has 9 nitrogen and oxygen atoms in total. The van der Waals surface area contributed by atoms with E-state index in [1.807, 2.05) is 38.4 Å². The Morgan fingerprint density at radius 1 is 1.04 bits per heavy atom. The molecule has 3 aromatic carbocycles. The Kier molecular flexibility index (Phi) is 13.2.